The normalized spacial score (nSPS) is 22.0. The first-order chi connectivity index (χ1) is 13.2. The fourth-order valence-electron chi connectivity index (χ4n) is 4.24. The zero-order valence-electron chi connectivity index (χ0n) is 18.8. The van der Waals surface area contributed by atoms with Crippen molar-refractivity contribution in [3.63, 3.8) is 0 Å². The van der Waals surface area contributed by atoms with E-state index in [-0.39, 0.29) is 17.2 Å². The van der Waals surface area contributed by atoms with Crippen LogP contribution in [0, 0.1) is 17.3 Å². The van der Waals surface area contributed by atoms with Gasteiger partial charge in [-0.2, -0.15) is 5.10 Å². The molecule has 1 saturated carbocycles. The van der Waals surface area contributed by atoms with Gasteiger partial charge in [-0.3, -0.25) is 9.89 Å². The van der Waals surface area contributed by atoms with Crippen LogP contribution in [0.4, 0.5) is 0 Å². The van der Waals surface area contributed by atoms with E-state index in [9.17, 15) is 4.79 Å². The largest absolute Gasteiger partial charge is 0.356 e. The molecule has 1 aromatic heterocycles. The van der Waals surface area contributed by atoms with E-state index in [0.29, 0.717) is 11.8 Å². The summed E-state index contributed by atoms with van der Waals surface area (Å²) in [5, 5.41) is 14.1. The van der Waals surface area contributed by atoms with Gasteiger partial charge in [0, 0.05) is 49.8 Å². The molecular formula is C22H41N5O. The molecule has 160 valence electrons. The lowest BCUT2D eigenvalue weighted by Crippen LogP contribution is -2.43. The van der Waals surface area contributed by atoms with E-state index in [0.717, 1.165) is 57.6 Å². The first-order valence-corrected chi connectivity index (χ1v) is 10.9. The van der Waals surface area contributed by atoms with Crippen LogP contribution in [0.2, 0.25) is 0 Å². The molecule has 3 N–H and O–H groups in total. The molecule has 1 heterocycles. The maximum absolute atomic E-state index is 12.9. The van der Waals surface area contributed by atoms with E-state index in [4.69, 9.17) is 0 Å². The summed E-state index contributed by atoms with van der Waals surface area (Å²) in [4.78, 5) is 15.3. The van der Waals surface area contributed by atoms with Crippen LogP contribution in [0.3, 0.4) is 0 Å². The minimum absolute atomic E-state index is 0.0402. The van der Waals surface area contributed by atoms with Gasteiger partial charge in [0.2, 0.25) is 5.91 Å². The number of amides is 1. The molecule has 1 aliphatic carbocycles. The summed E-state index contributed by atoms with van der Waals surface area (Å²) in [5.74, 6) is 1.23. The fraction of sp³-hybridized carbons (Fsp3) is 0.818. The number of rotatable bonds is 10. The first kappa shape index (κ1) is 22.9. The van der Waals surface area contributed by atoms with Gasteiger partial charge < -0.3 is 15.5 Å². The lowest BCUT2D eigenvalue weighted by molar-refractivity contribution is -0.130. The van der Waals surface area contributed by atoms with E-state index < -0.39 is 0 Å². The van der Waals surface area contributed by atoms with Gasteiger partial charge in [0.15, 0.2) is 0 Å². The van der Waals surface area contributed by atoms with Crippen LogP contribution in [-0.4, -0.2) is 54.7 Å². The summed E-state index contributed by atoms with van der Waals surface area (Å²) in [5.41, 5.74) is 2.47. The summed E-state index contributed by atoms with van der Waals surface area (Å²) < 4.78 is 0. The molecule has 0 aliphatic heterocycles. The Morgan fingerprint density at radius 1 is 1.39 bits per heavy atom. The maximum Gasteiger partial charge on any atom is 0.223 e. The van der Waals surface area contributed by atoms with Crippen molar-refractivity contribution in [2.75, 3.05) is 33.7 Å². The number of hydrogen-bond acceptors (Lipinski definition) is 4. The van der Waals surface area contributed by atoms with Gasteiger partial charge in [-0.15, -0.1) is 0 Å². The lowest BCUT2D eigenvalue weighted by Gasteiger charge is -2.41. The highest BCUT2D eigenvalue weighted by Crippen LogP contribution is 2.47. The standard InChI is InChI=1S/C22H41N5O/c1-16(2)8-10-24-21(28)19-13-17(7-9-22(19,3)4)20-18(14-25-26-20)15-27(6)12-11-23-5/h14,16-17,19,23H,7-13,15H2,1-6H3,(H,24,28)(H,25,26). The molecule has 0 saturated heterocycles. The molecule has 1 amide bonds. The molecule has 6 nitrogen and oxygen atoms in total. The quantitative estimate of drug-likeness (QED) is 0.573. The smallest absolute Gasteiger partial charge is 0.223 e. The predicted octanol–water partition coefficient (Wildman–Crippen LogP) is 3.13. The van der Waals surface area contributed by atoms with Crippen LogP contribution in [0.25, 0.3) is 0 Å². The Kier molecular flexibility index (Phi) is 8.50. The van der Waals surface area contributed by atoms with Crippen molar-refractivity contribution in [2.45, 2.75) is 65.8 Å². The summed E-state index contributed by atoms with van der Waals surface area (Å²) in [7, 11) is 4.12. The maximum atomic E-state index is 12.9. The summed E-state index contributed by atoms with van der Waals surface area (Å²) in [6, 6.07) is 0. The number of aromatic nitrogens is 2. The molecular weight excluding hydrogens is 350 g/mol. The van der Waals surface area contributed by atoms with E-state index in [1.807, 2.05) is 13.2 Å². The van der Waals surface area contributed by atoms with Crippen LogP contribution in [0.1, 0.15) is 70.6 Å². The van der Waals surface area contributed by atoms with Crippen molar-refractivity contribution in [3.8, 4) is 0 Å². The molecule has 1 fully saturated rings. The monoisotopic (exact) mass is 391 g/mol. The van der Waals surface area contributed by atoms with Gasteiger partial charge in [-0.05, 0) is 51.1 Å². The Bertz CT molecular complexity index is 610. The predicted molar refractivity (Wildman–Crippen MR) is 115 cm³/mol. The minimum Gasteiger partial charge on any atom is -0.356 e. The second kappa shape index (κ2) is 10.4. The van der Waals surface area contributed by atoms with Crippen LogP contribution >= 0.6 is 0 Å². The van der Waals surface area contributed by atoms with Crippen molar-refractivity contribution in [1.82, 2.24) is 25.7 Å². The summed E-state index contributed by atoms with van der Waals surface area (Å²) in [6.07, 6.45) is 6.11. The fourth-order valence-corrected chi connectivity index (χ4v) is 4.24. The number of likely N-dealkylation sites (N-methyl/N-ethyl adjacent to an activating group) is 2. The van der Waals surface area contributed by atoms with Crippen LogP contribution < -0.4 is 10.6 Å². The van der Waals surface area contributed by atoms with Crippen LogP contribution in [-0.2, 0) is 11.3 Å². The Morgan fingerprint density at radius 3 is 2.82 bits per heavy atom. The molecule has 0 bridgehead atoms. The van der Waals surface area contributed by atoms with Crippen molar-refractivity contribution < 1.29 is 4.79 Å². The average molecular weight is 392 g/mol. The number of H-pyrrole nitrogens is 1. The van der Waals surface area contributed by atoms with Gasteiger partial charge in [-0.1, -0.05) is 27.7 Å². The Morgan fingerprint density at radius 2 is 2.14 bits per heavy atom. The SMILES string of the molecule is CNCCN(C)Cc1c[nH]nc1C1CCC(C)(C)C(C(=O)NCCC(C)C)C1. The Hall–Kier alpha value is -1.40. The molecule has 1 aromatic rings. The van der Waals surface area contributed by atoms with Crippen LogP contribution in [0.5, 0.6) is 0 Å². The van der Waals surface area contributed by atoms with Gasteiger partial charge >= 0.3 is 0 Å². The molecule has 1 aliphatic rings. The second-order valence-corrected chi connectivity index (χ2v) is 9.62. The van der Waals surface area contributed by atoms with Gasteiger partial charge in [0.25, 0.3) is 0 Å². The highest BCUT2D eigenvalue weighted by molar-refractivity contribution is 5.79. The molecule has 0 radical (unpaired) electrons. The van der Waals surface area contributed by atoms with Crippen molar-refractivity contribution in [1.29, 1.82) is 0 Å². The van der Waals surface area contributed by atoms with Crippen molar-refractivity contribution in [3.05, 3.63) is 17.5 Å². The van der Waals surface area contributed by atoms with Crippen molar-refractivity contribution >= 4 is 5.91 Å². The van der Waals surface area contributed by atoms with Gasteiger partial charge in [0.05, 0.1) is 5.69 Å². The lowest BCUT2D eigenvalue weighted by atomic mass is 9.64. The number of carbonyl (C=O) groups is 1. The zero-order chi connectivity index (χ0) is 20.7. The van der Waals surface area contributed by atoms with E-state index in [1.165, 1.54) is 5.56 Å². The van der Waals surface area contributed by atoms with E-state index >= 15 is 0 Å². The molecule has 2 unspecified atom stereocenters. The third-order valence-corrected chi connectivity index (χ3v) is 6.26. The number of carbonyl (C=O) groups excluding carboxylic acids is 1. The Balaban J connectivity index is 2.03. The topological polar surface area (TPSA) is 73.0 Å². The van der Waals surface area contributed by atoms with Crippen molar-refractivity contribution in [2.24, 2.45) is 17.3 Å². The van der Waals surface area contributed by atoms with E-state index in [1.54, 1.807) is 0 Å². The highest BCUT2D eigenvalue weighted by atomic mass is 16.1. The summed E-state index contributed by atoms with van der Waals surface area (Å²) in [6.45, 7) is 12.5. The molecule has 6 heteroatoms. The first-order valence-electron chi connectivity index (χ1n) is 10.9. The molecule has 2 rings (SSSR count). The minimum atomic E-state index is 0.0402. The molecule has 2 atom stereocenters. The molecule has 28 heavy (non-hydrogen) atoms. The summed E-state index contributed by atoms with van der Waals surface area (Å²) >= 11 is 0. The number of aromatic amines is 1. The zero-order valence-corrected chi connectivity index (χ0v) is 18.8. The van der Waals surface area contributed by atoms with Gasteiger partial charge in [0.1, 0.15) is 0 Å². The third kappa shape index (κ3) is 6.31. The number of nitrogens with one attached hydrogen (secondary N) is 3. The van der Waals surface area contributed by atoms with Gasteiger partial charge in [-0.25, -0.2) is 0 Å². The highest BCUT2D eigenvalue weighted by Gasteiger charge is 2.42. The van der Waals surface area contributed by atoms with Crippen LogP contribution in [0.15, 0.2) is 6.20 Å². The molecule has 0 spiro atoms. The van der Waals surface area contributed by atoms with E-state index in [2.05, 4.69) is 60.5 Å². The molecule has 0 aromatic carbocycles. The number of nitrogens with zero attached hydrogens (tertiary/aromatic N) is 2. The average Bonchev–Trinajstić information content (AvgIpc) is 3.07. The third-order valence-electron chi connectivity index (χ3n) is 6.26. The Labute approximate surface area is 171 Å². The second-order valence-electron chi connectivity index (χ2n) is 9.62. The number of hydrogen-bond donors (Lipinski definition) is 3.